The van der Waals surface area contributed by atoms with Crippen molar-refractivity contribution in [1.82, 2.24) is 0 Å². The third kappa shape index (κ3) is 7.91. The molecule has 0 aliphatic rings. The highest BCUT2D eigenvalue weighted by Gasteiger charge is 2.14. The van der Waals surface area contributed by atoms with Crippen LogP contribution in [-0.4, -0.2) is 18.4 Å². The molecule has 0 aromatic heterocycles. The maximum Gasteiger partial charge on any atom is 0.0452 e. The van der Waals surface area contributed by atoms with Crippen LogP contribution < -0.4 is 15.9 Å². The van der Waals surface area contributed by atoms with Crippen molar-refractivity contribution in [3.05, 3.63) is 102 Å². The van der Waals surface area contributed by atoms with Gasteiger partial charge >= 0.3 is 0 Å². The van der Waals surface area contributed by atoms with E-state index in [9.17, 15) is 0 Å². The lowest BCUT2D eigenvalue weighted by Gasteiger charge is -2.21. The topological polar surface area (TPSA) is 24.4 Å². The molecule has 0 unspecified atom stereocenters. The Labute approximate surface area is 214 Å². The summed E-state index contributed by atoms with van der Waals surface area (Å²) >= 11 is 0. The van der Waals surface area contributed by atoms with Crippen molar-refractivity contribution >= 4 is 29.9 Å². The third-order valence-electron chi connectivity index (χ3n) is 6.16. The summed E-state index contributed by atoms with van der Waals surface area (Å²) in [6.45, 7) is 14.1. The van der Waals surface area contributed by atoms with Crippen LogP contribution in [0.3, 0.4) is 0 Å². The van der Waals surface area contributed by atoms with Crippen LogP contribution in [-0.2, 0) is 0 Å². The summed E-state index contributed by atoms with van der Waals surface area (Å²) in [4.78, 5) is 4.89. The second kappa shape index (κ2) is 13.4. The van der Waals surface area contributed by atoms with Gasteiger partial charge < -0.3 is 5.32 Å². The second-order valence-electron chi connectivity index (χ2n) is 9.77. The largest absolute Gasteiger partial charge is 0.359 e. The Morgan fingerprint density at radius 2 is 1.29 bits per heavy atom. The first-order valence-corrected chi connectivity index (χ1v) is 14.4. The van der Waals surface area contributed by atoms with Gasteiger partial charge in [-0.3, -0.25) is 4.99 Å². The number of hydrogen-bond acceptors (Lipinski definition) is 2. The zero-order chi connectivity index (χ0) is 25.2. The lowest BCUT2D eigenvalue weighted by molar-refractivity contribution is 0.837. The minimum Gasteiger partial charge on any atom is -0.359 e. The number of benzene rings is 3. The Morgan fingerprint density at radius 1 is 0.771 bits per heavy atom. The second-order valence-corrected chi connectivity index (χ2v) is 12.1. The lowest BCUT2D eigenvalue weighted by Crippen LogP contribution is -2.14. The molecule has 1 N–H and O–H groups in total. The molecular weight excluding hydrogens is 443 g/mol. The van der Waals surface area contributed by atoms with Gasteiger partial charge in [0, 0.05) is 23.6 Å². The molecule has 3 aromatic rings. The average molecular weight is 485 g/mol. The Hall–Kier alpha value is -2.70. The van der Waals surface area contributed by atoms with Gasteiger partial charge in [0.15, 0.2) is 0 Å². The van der Waals surface area contributed by atoms with Crippen molar-refractivity contribution in [2.45, 2.75) is 59.8 Å². The van der Waals surface area contributed by atoms with Crippen LogP contribution in [0.5, 0.6) is 0 Å². The fraction of sp³-hybridized carbons (Fsp3) is 0.344. The summed E-state index contributed by atoms with van der Waals surface area (Å²) in [5.41, 5.74) is 6.21. The molecule has 2 nitrogen and oxygen atoms in total. The highest BCUT2D eigenvalue weighted by molar-refractivity contribution is 7.73. The van der Waals surface area contributed by atoms with Gasteiger partial charge in [-0.05, 0) is 74.0 Å². The number of nitrogens with zero attached hydrogens (tertiary/aromatic N) is 1. The maximum atomic E-state index is 4.89. The average Bonchev–Trinajstić information content (AvgIpc) is 2.85. The van der Waals surface area contributed by atoms with Crippen molar-refractivity contribution in [3.8, 4) is 0 Å². The zero-order valence-electron chi connectivity index (χ0n) is 22.3. The van der Waals surface area contributed by atoms with Crippen LogP contribution >= 0.6 is 7.92 Å². The molecule has 3 aromatic carbocycles. The monoisotopic (exact) mass is 484 g/mol. The third-order valence-corrected chi connectivity index (χ3v) is 8.76. The van der Waals surface area contributed by atoms with Crippen LogP contribution in [0, 0.1) is 0 Å². The van der Waals surface area contributed by atoms with E-state index in [-0.39, 0.29) is 7.92 Å². The number of para-hydroxylation sites is 1. The van der Waals surface area contributed by atoms with Crippen LogP contribution in [0.15, 0.2) is 95.6 Å². The van der Waals surface area contributed by atoms with E-state index < -0.39 is 0 Å². The first kappa shape index (κ1) is 26.9. The SMILES string of the molecule is CC(/C=C(/C)Nc1c(C(C)C)cccc1C(C)C)=NCCCP(c1ccccc1)c1ccccc1. The number of nitrogens with one attached hydrogen (secondary N) is 1. The Morgan fingerprint density at radius 3 is 1.77 bits per heavy atom. The standard InChI is InChI=1S/C32H41N2P/c1-24(2)30-19-13-20-31(25(3)4)32(30)34-27(6)23-26(5)33-21-14-22-35(28-15-9-7-10-16-28)29-17-11-8-12-18-29/h7-13,15-20,23-25,34H,14,21-22H2,1-6H3/b27-23-,33-26?. The minimum atomic E-state index is -0.349. The number of aliphatic imine (C=N–C) groups is 1. The molecule has 0 radical (unpaired) electrons. The predicted octanol–water partition coefficient (Wildman–Crippen LogP) is 8.23. The van der Waals surface area contributed by atoms with Crippen molar-refractivity contribution < 1.29 is 0 Å². The van der Waals surface area contributed by atoms with Gasteiger partial charge in [-0.2, -0.15) is 0 Å². The molecule has 3 rings (SSSR count). The lowest BCUT2D eigenvalue weighted by atomic mass is 9.92. The Kier molecular flexibility index (Phi) is 10.3. The van der Waals surface area contributed by atoms with E-state index in [0.717, 1.165) is 30.5 Å². The van der Waals surface area contributed by atoms with E-state index in [4.69, 9.17) is 4.99 Å². The van der Waals surface area contributed by atoms with E-state index in [1.165, 1.54) is 27.4 Å². The van der Waals surface area contributed by atoms with Crippen LogP contribution in [0.4, 0.5) is 5.69 Å². The summed E-state index contributed by atoms with van der Waals surface area (Å²) in [5.74, 6) is 0.950. The Bertz CT molecular complexity index is 1050. The van der Waals surface area contributed by atoms with E-state index in [1.807, 2.05) is 0 Å². The fourth-order valence-corrected chi connectivity index (χ4v) is 6.73. The summed E-state index contributed by atoms with van der Waals surface area (Å²) in [6.07, 6.45) is 4.42. The molecule has 0 spiro atoms. The fourth-order valence-electron chi connectivity index (χ4n) is 4.39. The minimum absolute atomic E-state index is 0.349. The predicted molar refractivity (Wildman–Crippen MR) is 159 cm³/mol. The van der Waals surface area contributed by atoms with Gasteiger partial charge in [0.25, 0.3) is 0 Å². The molecule has 35 heavy (non-hydrogen) atoms. The summed E-state index contributed by atoms with van der Waals surface area (Å²) < 4.78 is 0. The van der Waals surface area contributed by atoms with Crippen molar-refractivity contribution in [2.24, 2.45) is 4.99 Å². The van der Waals surface area contributed by atoms with Gasteiger partial charge in [-0.25, -0.2) is 0 Å². The number of allylic oxidation sites excluding steroid dienone is 2. The van der Waals surface area contributed by atoms with Crippen LogP contribution in [0.25, 0.3) is 0 Å². The normalized spacial score (nSPS) is 12.6. The van der Waals surface area contributed by atoms with Crippen molar-refractivity contribution in [1.29, 1.82) is 0 Å². The van der Waals surface area contributed by atoms with Gasteiger partial charge in [0.1, 0.15) is 0 Å². The van der Waals surface area contributed by atoms with Gasteiger partial charge in [-0.15, -0.1) is 0 Å². The van der Waals surface area contributed by atoms with Gasteiger partial charge in [-0.1, -0.05) is 107 Å². The van der Waals surface area contributed by atoms with Gasteiger partial charge in [0.05, 0.1) is 0 Å². The van der Waals surface area contributed by atoms with E-state index >= 15 is 0 Å². The molecule has 0 saturated heterocycles. The van der Waals surface area contributed by atoms with Crippen LogP contribution in [0.1, 0.15) is 70.9 Å². The molecule has 184 valence electrons. The molecule has 0 atom stereocenters. The van der Waals surface area contributed by atoms with Crippen LogP contribution in [0.2, 0.25) is 0 Å². The highest BCUT2D eigenvalue weighted by atomic mass is 31.1. The molecule has 0 bridgehead atoms. The molecule has 0 saturated carbocycles. The molecular formula is C32H41N2P. The van der Waals surface area contributed by atoms with E-state index in [2.05, 4.69) is 132 Å². The summed E-state index contributed by atoms with van der Waals surface area (Å²) in [5, 5.41) is 6.60. The van der Waals surface area contributed by atoms with Crippen molar-refractivity contribution in [3.63, 3.8) is 0 Å². The molecule has 0 amide bonds. The first-order valence-electron chi connectivity index (χ1n) is 12.8. The molecule has 0 aliphatic heterocycles. The molecule has 0 aliphatic carbocycles. The van der Waals surface area contributed by atoms with Crippen molar-refractivity contribution in [2.75, 3.05) is 18.0 Å². The zero-order valence-corrected chi connectivity index (χ0v) is 23.1. The molecule has 0 heterocycles. The van der Waals surface area contributed by atoms with Gasteiger partial charge in [0.2, 0.25) is 0 Å². The molecule has 3 heteroatoms. The summed E-state index contributed by atoms with van der Waals surface area (Å²) in [7, 11) is -0.349. The summed E-state index contributed by atoms with van der Waals surface area (Å²) in [6, 6.07) is 28.5. The smallest absolute Gasteiger partial charge is 0.0452 e. The Balaban J connectivity index is 1.66. The first-order chi connectivity index (χ1) is 16.9. The quantitative estimate of drug-likeness (QED) is 0.165. The van der Waals surface area contributed by atoms with E-state index in [0.29, 0.717) is 11.8 Å². The maximum absolute atomic E-state index is 4.89. The highest BCUT2D eigenvalue weighted by Crippen LogP contribution is 2.34. The number of hydrogen-bond donors (Lipinski definition) is 1. The molecule has 0 fully saturated rings. The number of rotatable bonds is 11. The van der Waals surface area contributed by atoms with E-state index in [1.54, 1.807) is 0 Å². The number of anilines is 1.